The number of para-hydroxylation sites is 1. The fourth-order valence-corrected chi connectivity index (χ4v) is 3.87. The summed E-state index contributed by atoms with van der Waals surface area (Å²) in [6.07, 6.45) is 3.08. The molecule has 0 radical (unpaired) electrons. The van der Waals surface area contributed by atoms with E-state index in [0.717, 1.165) is 30.8 Å². The van der Waals surface area contributed by atoms with E-state index in [1.165, 1.54) is 22.0 Å². The van der Waals surface area contributed by atoms with E-state index in [0.29, 0.717) is 16.7 Å². The normalized spacial score (nSPS) is 11.1. The molecule has 0 spiro atoms. The molecule has 0 unspecified atom stereocenters. The second-order valence-corrected chi connectivity index (χ2v) is 7.74. The first-order chi connectivity index (χ1) is 14.2. The van der Waals surface area contributed by atoms with Gasteiger partial charge in [-0.05, 0) is 54.4 Å². The Labute approximate surface area is 180 Å². The molecular formula is C24H22Cl2N2O. The minimum atomic E-state index is 0.343. The van der Waals surface area contributed by atoms with Gasteiger partial charge in [0.2, 0.25) is 0 Å². The largest absolute Gasteiger partial charge is 0.489 e. The van der Waals surface area contributed by atoms with Crippen LogP contribution in [0.25, 0.3) is 10.9 Å². The minimum Gasteiger partial charge on any atom is -0.489 e. The van der Waals surface area contributed by atoms with Crippen molar-refractivity contribution in [1.82, 2.24) is 10.3 Å². The summed E-state index contributed by atoms with van der Waals surface area (Å²) in [4.78, 5) is 3.33. The lowest BCUT2D eigenvalue weighted by Gasteiger charge is -2.11. The highest BCUT2D eigenvalue weighted by Gasteiger charge is 2.07. The van der Waals surface area contributed by atoms with Gasteiger partial charge in [0.1, 0.15) is 12.4 Å². The maximum absolute atomic E-state index is 6.21. The van der Waals surface area contributed by atoms with Gasteiger partial charge in [-0.1, -0.05) is 59.6 Å². The van der Waals surface area contributed by atoms with Gasteiger partial charge < -0.3 is 15.0 Å². The van der Waals surface area contributed by atoms with Crippen LogP contribution in [0.15, 0.2) is 72.9 Å². The molecule has 0 saturated carbocycles. The number of hydrogen-bond donors (Lipinski definition) is 2. The van der Waals surface area contributed by atoms with Crippen molar-refractivity contribution in [3.8, 4) is 5.75 Å². The molecule has 2 N–H and O–H groups in total. The quantitative estimate of drug-likeness (QED) is 0.321. The maximum Gasteiger partial charge on any atom is 0.120 e. The lowest BCUT2D eigenvalue weighted by Crippen LogP contribution is -2.16. The van der Waals surface area contributed by atoms with Crippen molar-refractivity contribution in [3.63, 3.8) is 0 Å². The number of fused-ring (bicyclic) bond motifs is 1. The van der Waals surface area contributed by atoms with Gasteiger partial charge in [-0.3, -0.25) is 0 Å². The van der Waals surface area contributed by atoms with Gasteiger partial charge in [-0.15, -0.1) is 0 Å². The van der Waals surface area contributed by atoms with Crippen molar-refractivity contribution < 1.29 is 4.74 Å². The highest BCUT2D eigenvalue weighted by molar-refractivity contribution is 6.35. The van der Waals surface area contributed by atoms with Crippen LogP contribution in [0.5, 0.6) is 5.75 Å². The van der Waals surface area contributed by atoms with E-state index in [9.17, 15) is 0 Å². The SMILES string of the molecule is Clc1cccc(Cl)c1COc1cccc(CNCCc2c[nH]c3ccccc23)c1. The average molecular weight is 425 g/mol. The third-order valence-electron chi connectivity index (χ3n) is 4.92. The third kappa shape index (κ3) is 4.94. The van der Waals surface area contributed by atoms with Gasteiger partial charge in [0.05, 0.1) is 0 Å². The molecule has 0 bridgehead atoms. The second kappa shape index (κ2) is 9.36. The molecule has 4 rings (SSSR count). The van der Waals surface area contributed by atoms with E-state index in [4.69, 9.17) is 27.9 Å². The van der Waals surface area contributed by atoms with Crippen LogP contribution in [-0.4, -0.2) is 11.5 Å². The molecule has 4 aromatic rings. The standard InChI is InChI=1S/C24H22Cl2N2O/c25-22-8-4-9-23(26)21(22)16-29-19-6-3-5-17(13-19)14-27-12-11-18-15-28-24-10-2-1-7-20(18)24/h1-10,13,15,27-28H,11-12,14,16H2. The highest BCUT2D eigenvalue weighted by Crippen LogP contribution is 2.26. The number of ether oxygens (including phenoxy) is 1. The molecule has 0 atom stereocenters. The molecule has 0 saturated heterocycles. The van der Waals surface area contributed by atoms with Crippen molar-refractivity contribution in [2.24, 2.45) is 0 Å². The summed E-state index contributed by atoms with van der Waals surface area (Å²) in [6.45, 7) is 2.03. The molecule has 1 aromatic heterocycles. The Balaban J connectivity index is 1.30. The molecule has 0 aliphatic heterocycles. The number of halogens is 2. The average Bonchev–Trinajstić information content (AvgIpc) is 3.14. The summed E-state index contributed by atoms with van der Waals surface area (Å²) in [5, 5.41) is 6.04. The highest BCUT2D eigenvalue weighted by atomic mass is 35.5. The van der Waals surface area contributed by atoms with Crippen molar-refractivity contribution in [2.75, 3.05) is 6.54 Å². The summed E-state index contributed by atoms with van der Waals surface area (Å²) in [5.74, 6) is 0.803. The van der Waals surface area contributed by atoms with Gasteiger partial charge in [-0.25, -0.2) is 0 Å². The topological polar surface area (TPSA) is 37.0 Å². The van der Waals surface area contributed by atoms with E-state index >= 15 is 0 Å². The van der Waals surface area contributed by atoms with E-state index in [1.54, 1.807) is 0 Å². The van der Waals surface area contributed by atoms with Crippen LogP contribution in [0.2, 0.25) is 10.0 Å². The zero-order chi connectivity index (χ0) is 20.1. The number of rotatable bonds is 8. The summed E-state index contributed by atoms with van der Waals surface area (Å²) >= 11 is 12.4. The Bertz CT molecular complexity index is 1090. The molecule has 0 amide bonds. The van der Waals surface area contributed by atoms with Gasteiger partial charge in [0.25, 0.3) is 0 Å². The van der Waals surface area contributed by atoms with E-state index in [2.05, 4.69) is 46.8 Å². The van der Waals surface area contributed by atoms with Crippen molar-refractivity contribution in [1.29, 1.82) is 0 Å². The number of hydrogen-bond acceptors (Lipinski definition) is 2. The Kier molecular flexibility index (Phi) is 6.40. The summed E-state index contributed by atoms with van der Waals surface area (Å²) < 4.78 is 5.91. The minimum absolute atomic E-state index is 0.343. The fourth-order valence-electron chi connectivity index (χ4n) is 3.37. The van der Waals surface area contributed by atoms with E-state index in [-0.39, 0.29) is 0 Å². The van der Waals surface area contributed by atoms with Gasteiger partial charge >= 0.3 is 0 Å². The number of benzene rings is 3. The molecule has 148 valence electrons. The smallest absolute Gasteiger partial charge is 0.120 e. The zero-order valence-corrected chi connectivity index (χ0v) is 17.4. The second-order valence-electron chi connectivity index (χ2n) is 6.92. The number of nitrogens with one attached hydrogen (secondary N) is 2. The van der Waals surface area contributed by atoms with Crippen LogP contribution in [0, 0.1) is 0 Å². The monoisotopic (exact) mass is 424 g/mol. The Morgan fingerprint density at radius 3 is 2.55 bits per heavy atom. The first-order valence-corrected chi connectivity index (χ1v) is 10.4. The number of aromatic amines is 1. The molecule has 0 aliphatic carbocycles. The Hall–Kier alpha value is -2.46. The van der Waals surface area contributed by atoms with Crippen LogP contribution in [0.1, 0.15) is 16.7 Å². The zero-order valence-electron chi connectivity index (χ0n) is 15.9. The number of H-pyrrole nitrogens is 1. The van der Waals surface area contributed by atoms with Gasteiger partial charge in [0.15, 0.2) is 0 Å². The molecular weight excluding hydrogens is 403 g/mol. The molecule has 1 heterocycles. The lowest BCUT2D eigenvalue weighted by atomic mass is 10.1. The molecule has 3 nitrogen and oxygen atoms in total. The summed E-state index contributed by atoms with van der Waals surface area (Å²) in [5.41, 5.74) is 4.50. The Morgan fingerprint density at radius 1 is 0.897 bits per heavy atom. The fraction of sp³-hybridized carbons (Fsp3) is 0.167. The molecule has 0 fully saturated rings. The first-order valence-electron chi connectivity index (χ1n) is 9.61. The van der Waals surface area contributed by atoms with Crippen LogP contribution in [0.4, 0.5) is 0 Å². The van der Waals surface area contributed by atoms with Crippen molar-refractivity contribution in [3.05, 3.63) is 99.7 Å². The van der Waals surface area contributed by atoms with Crippen LogP contribution < -0.4 is 10.1 Å². The maximum atomic E-state index is 6.21. The Morgan fingerprint density at radius 2 is 1.69 bits per heavy atom. The lowest BCUT2D eigenvalue weighted by molar-refractivity contribution is 0.306. The first kappa shape index (κ1) is 19.8. The molecule has 29 heavy (non-hydrogen) atoms. The number of aromatic nitrogens is 1. The van der Waals surface area contributed by atoms with Crippen molar-refractivity contribution >= 4 is 34.1 Å². The van der Waals surface area contributed by atoms with Crippen LogP contribution >= 0.6 is 23.2 Å². The van der Waals surface area contributed by atoms with Crippen molar-refractivity contribution in [2.45, 2.75) is 19.6 Å². The predicted octanol–water partition coefficient (Wildman–Crippen LogP) is 6.39. The van der Waals surface area contributed by atoms with E-state index in [1.807, 2.05) is 36.4 Å². The summed E-state index contributed by atoms with van der Waals surface area (Å²) in [6, 6.07) is 21.9. The molecule has 0 aliphatic rings. The van der Waals surface area contributed by atoms with Gasteiger partial charge in [-0.2, -0.15) is 0 Å². The van der Waals surface area contributed by atoms with Crippen LogP contribution in [0.3, 0.4) is 0 Å². The third-order valence-corrected chi connectivity index (χ3v) is 5.63. The predicted molar refractivity (Wildman–Crippen MR) is 121 cm³/mol. The van der Waals surface area contributed by atoms with Gasteiger partial charge in [0, 0.05) is 39.3 Å². The van der Waals surface area contributed by atoms with E-state index < -0.39 is 0 Å². The molecule has 3 aromatic carbocycles. The summed E-state index contributed by atoms with van der Waals surface area (Å²) in [7, 11) is 0. The van der Waals surface area contributed by atoms with Crippen LogP contribution in [-0.2, 0) is 19.6 Å². The molecule has 5 heteroatoms.